The van der Waals surface area contributed by atoms with Gasteiger partial charge in [0, 0.05) is 0 Å². The maximum atomic E-state index is 13.1. The number of carbonyl (C=O) groups excluding carboxylic acids is 1. The fraction of sp³-hybridized carbons (Fsp3) is 0.364. The van der Waals surface area contributed by atoms with Crippen LogP contribution in [0.25, 0.3) is 0 Å². The number of halogens is 1. The van der Waals surface area contributed by atoms with Crippen LogP contribution in [0.3, 0.4) is 0 Å². The van der Waals surface area contributed by atoms with Crippen LogP contribution in [-0.2, 0) is 9.53 Å². The predicted octanol–water partition coefficient (Wildman–Crippen LogP) is -0.124. The van der Waals surface area contributed by atoms with Gasteiger partial charge < -0.3 is 20.1 Å². The molecule has 0 spiro atoms. The fourth-order valence-electron chi connectivity index (χ4n) is 1.30. The van der Waals surface area contributed by atoms with Crippen molar-refractivity contribution in [1.82, 2.24) is 4.98 Å². The molecule has 2 unspecified atom stereocenters. The van der Waals surface area contributed by atoms with Gasteiger partial charge in [0.15, 0.2) is 11.9 Å². The van der Waals surface area contributed by atoms with Crippen molar-refractivity contribution in [3.63, 3.8) is 0 Å². The Hall–Kier alpha value is -2.06. The first kappa shape index (κ1) is 15.0. The highest BCUT2D eigenvalue weighted by Gasteiger charge is 2.29. The molecule has 1 heterocycles. The van der Waals surface area contributed by atoms with Gasteiger partial charge in [-0.25, -0.2) is 14.0 Å². The molecule has 0 saturated heterocycles. The summed E-state index contributed by atoms with van der Waals surface area (Å²) in [5.74, 6) is -3.73. The Morgan fingerprint density at radius 2 is 2.11 bits per heavy atom. The highest BCUT2D eigenvalue weighted by atomic mass is 19.1. The third-order valence-electron chi connectivity index (χ3n) is 2.24. The van der Waals surface area contributed by atoms with Crippen LogP contribution in [0.15, 0.2) is 12.3 Å². The van der Waals surface area contributed by atoms with E-state index in [1.807, 2.05) is 0 Å². The van der Waals surface area contributed by atoms with E-state index in [2.05, 4.69) is 9.72 Å². The van der Waals surface area contributed by atoms with Crippen molar-refractivity contribution >= 4 is 11.9 Å². The van der Waals surface area contributed by atoms with Gasteiger partial charge in [0.2, 0.25) is 0 Å². The number of carboxylic acid groups (broad SMARTS) is 1. The molecule has 7 nitrogen and oxygen atoms in total. The molecule has 0 saturated carbocycles. The third kappa shape index (κ3) is 3.46. The molecular formula is C11H12FNO6. The number of aromatic nitrogens is 1. The molecule has 0 radical (unpaired) electrons. The van der Waals surface area contributed by atoms with Gasteiger partial charge in [0.05, 0.1) is 24.1 Å². The summed E-state index contributed by atoms with van der Waals surface area (Å²) in [6, 6.07) is 0.741. The van der Waals surface area contributed by atoms with Crippen LogP contribution < -0.4 is 0 Å². The van der Waals surface area contributed by atoms with Gasteiger partial charge in [-0.1, -0.05) is 0 Å². The lowest BCUT2D eigenvalue weighted by Crippen LogP contribution is -2.30. The number of carbonyl (C=O) groups is 2. The van der Waals surface area contributed by atoms with Crippen molar-refractivity contribution in [3.05, 3.63) is 29.3 Å². The van der Waals surface area contributed by atoms with E-state index in [0.717, 1.165) is 6.07 Å². The average molecular weight is 273 g/mol. The second-order valence-electron chi connectivity index (χ2n) is 3.54. The minimum Gasteiger partial charge on any atom is -0.478 e. The first-order valence-corrected chi connectivity index (χ1v) is 5.30. The summed E-state index contributed by atoms with van der Waals surface area (Å²) in [4.78, 5) is 25.3. The zero-order valence-corrected chi connectivity index (χ0v) is 9.91. The molecule has 19 heavy (non-hydrogen) atoms. The second-order valence-corrected chi connectivity index (χ2v) is 3.54. The summed E-state index contributed by atoms with van der Waals surface area (Å²) in [5.41, 5.74) is -1.07. The van der Waals surface area contributed by atoms with E-state index in [9.17, 15) is 24.2 Å². The van der Waals surface area contributed by atoms with E-state index < -0.39 is 35.5 Å². The van der Waals surface area contributed by atoms with Crippen LogP contribution >= 0.6 is 0 Å². The molecular weight excluding hydrogens is 261 g/mol. The number of ether oxygens (including phenoxy) is 1. The largest absolute Gasteiger partial charge is 0.478 e. The van der Waals surface area contributed by atoms with E-state index in [1.54, 1.807) is 0 Å². The van der Waals surface area contributed by atoms with Crippen LogP contribution in [0, 0.1) is 5.82 Å². The molecule has 0 aliphatic heterocycles. The molecule has 0 aliphatic rings. The number of aliphatic hydroxyl groups excluding tert-OH is 2. The monoisotopic (exact) mass is 273 g/mol. The van der Waals surface area contributed by atoms with E-state index >= 15 is 0 Å². The van der Waals surface area contributed by atoms with Gasteiger partial charge in [-0.3, -0.25) is 4.98 Å². The van der Waals surface area contributed by atoms with Crippen molar-refractivity contribution in [2.24, 2.45) is 0 Å². The molecule has 1 rings (SSSR count). The average Bonchev–Trinajstić information content (AvgIpc) is 2.37. The zero-order valence-electron chi connectivity index (χ0n) is 9.91. The Bertz CT molecular complexity index is 492. The SMILES string of the molecule is CCOC(=O)C(O)C(O)c1cc(C(=O)O)c(F)cn1. The molecule has 0 fully saturated rings. The van der Waals surface area contributed by atoms with Crippen LogP contribution in [0.1, 0.15) is 29.1 Å². The summed E-state index contributed by atoms with van der Waals surface area (Å²) in [6.45, 7) is 1.51. The smallest absolute Gasteiger partial charge is 0.338 e. The highest BCUT2D eigenvalue weighted by Crippen LogP contribution is 2.18. The molecule has 2 atom stereocenters. The van der Waals surface area contributed by atoms with E-state index in [-0.39, 0.29) is 12.3 Å². The number of nitrogens with zero attached hydrogens (tertiary/aromatic N) is 1. The number of aromatic carboxylic acids is 1. The highest BCUT2D eigenvalue weighted by molar-refractivity contribution is 5.88. The van der Waals surface area contributed by atoms with Crippen LogP contribution in [0.4, 0.5) is 4.39 Å². The minimum atomic E-state index is -1.93. The third-order valence-corrected chi connectivity index (χ3v) is 2.24. The van der Waals surface area contributed by atoms with Gasteiger partial charge >= 0.3 is 11.9 Å². The lowest BCUT2D eigenvalue weighted by molar-refractivity contribution is -0.159. The lowest BCUT2D eigenvalue weighted by Gasteiger charge is -2.16. The molecule has 104 valence electrons. The Balaban J connectivity index is 3.00. The number of hydrogen-bond acceptors (Lipinski definition) is 6. The summed E-state index contributed by atoms with van der Waals surface area (Å²) in [5, 5.41) is 27.8. The molecule has 1 aromatic rings. The van der Waals surface area contributed by atoms with Gasteiger partial charge in [-0.15, -0.1) is 0 Å². The van der Waals surface area contributed by atoms with E-state index in [0.29, 0.717) is 6.20 Å². The molecule has 0 bridgehead atoms. The van der Waals surface area contributed by atoms with Crippen LogP contribution in [0.2, 0.25) is 0 Å². The fourth-order valence-corrected chi connectivity index (χ4v) is 1.30. The van der Waals surface area contributed by atoms with Gasteiger partial charge in [-0.05, 0) is 13.0 Å². The summed E-state index contributed by atoms with van der Waals surface area (Å²) in [6.07, 6.45) is -3.16. The Kier molecular flexibility index (Phi) is 4.90. The summed E-state index contributed by atoms with van der Waals surface area (Å²) in [7, 11) is 0. The first-order chi connectivity index (χ1) is 8.88. The van der Waals surface area contributed by atoms with E-state index in [1.165, 1.54) is 6.92 Å². The van der Waals surface area contributed by atoms with Crippen molar-refractivity contribution in [2.45, 2.75) is 19.1 Å². The molecule has 3 N–H and O–H groups in total. The number of hydrogen-bond donors (Lipinski definition) is 3. The summed E-state index contributed by atoms with van der Waals surface area (Å²) < 4.78 is 17.6. The van der Waals surface area contributed by atoms with Crippen molar-refractivity contribution in [3.8, 4) is 0 Å². The maximum Gasteiger partial charge on any atom is 0.338 e. The standard InChI is InChI=1S/C11H12FNO6/c1-2-19-11(18)9(15)8(14)7-3-5(10(16)17)6(12)4-13-7/h3-4,8-9,14-15H,2H2,1H3,(H,16,17). The zero-order chi connectivity index (χ0) is 14.6. The van der Waals surface area contributed by atoms with Crippen LogP contribution in [0.5, 0.6) is 0 Å². The molecule has 0 aromatic carbocycles. The van der Waals surface area contributed by atoms with Gasteiger partial charge in [-0.2, -0.15) is 0 Å². The molecule has 0 amide bonds. The summed E-state index contributed by atoms with van der Waals surface area (Å²) >= 11 is 0. The number of pyridine rings is 1. The molecule has 8 heteroatoms. The predicted molar refractivity (Wildman–Crippen MR) is 58.8 cm³/mol. The Labute approximate surface area is 107 Å². The maximum absolute atomic E-state index is 13.1. The molecule has 1 aromatic heterocycles. The number of aliphatic hydroxyl groups is 2. The topological polar surface area (TPSA) is 117 Å². The normalized spacial score (nSPS) is 13.7. The van der Waals surface area contributed by atoms with Gasteiger partial charge in [0.25, 0.3) is 0 Å². The lowest BCUT2D eigenvalue weighted by atomic mass is 10.1. The minimum absolute atomic E-state index is 0.000163. The van der Waals surface area contributed by atoms with Crippen molar-refractivity contribution in [1.29, 1.82) is 0 Å². The Morgan fingerprint density at radius 3 is 2.63 bits per heavy atom. The number of rotatable bonds is 5. The molecule has 0 aliphatic carbocycles. The quantitative estimate of drug-likeness (QED) is 0.640. The number of carboxylic acids is 1. The van der Waals surface area contributed by atoms with Crippen molar-refractivity contribution in [2.75, 3.05) is 6.61 Å². The van der Waals surface area contributed by atoms with Crippen molar-refractivity contribution < 1.29 is 34.0 Å². The van der Waals surface area contributed by atoms with E-state index in [4.69, 9.17) is 5.11 Å². The van der Waals surface area contributed by atoms with Crippen LogP contribution in [-0.4, -0.2) is 45.0 Å². The van der Waals surface area contributed by atoms with Gasteiger partial charge in [0.1, 0.15) is 6.10 Å². The second kappa shape index (κ2) is 6.21. The Morgan fingerprint density at radius 1 is 1.47 bits per heavy atom. The number of esters is 1. The first-order valence-electron chi connectivity index (χ1n) is 5.30.